The molecule has 0 aromatic carbocycles. The quantitative estimate of drug-likeness (QED) is 0.255. The van der Waals surface area contributed by atoms with Gasteiger partial charge in [-0.3, -0.25) is 9.59 Å². The summed E-state index contributed by atoms with van der Waals surface area (Å²) < 4.78 is 5.19. The zero-order chi connectivity index (χ0) is 30.9. The summed E-state index contributed by atoms with van der Waals surface area (Å²) in [7, 11) is 1.32. The monoisotopic (exact) mass is 582 g/mol. The van der Waals surface area contributed by atoms with Crippen molar-refractivity contribution in [1.82, 2.24) is 20.3 Å². The Morgan fingerprint density at radius 3 is 2.23 bits per heavy atom. The molecule has 0 saturated carbocycles. The number of aromatic nitrogens is 3. The molecule has 0 spiro atoms. The Hall–Kier alpha value is -4.66. The third kappa shape index (κ3) is 4.28. The number of carbonyl (C=O) groups excluding carboxylic acids is 1. The number of aliphatic hydroxyl groups excluding tert-OH is 1. The Bertz CT molecular complexity index is 2000. The molecule has 1 aliphatic carbocycles. The van der Waals surface area contributed by atoms with Crippen molar-refractivity contribution in [3.63, 3.8) is 0 Å². The fraction of sp³-hybridized carbons (Fsp3) is 0.353. The molecule has 6 N–H and O–H groups in total. The number of aliphatic hydroxyl groups is 1. The number of carboxylic acid groups (broad SMARTS) is 1. The minimum absolute atomic E-state index is 0.0171. The fourth-order valence-corrected chi connectivity index (χ4v) is 7.19. The summed E-state index contributed by atoms with van der Waals surface area (Å²) in [4.78, 5) is 35.7. The van der Waals surface area contributed by atoms with E-state index in [-0.39, 0.29) is 24.0 Å². The molecule has 5 heterocycles. The minimum atomic E-state index is -1.00. The first-order valence-electron chi connectivity index (χ1n) is 14.6. The molecule has 0 amide bonds. The highest BCUT2D eigenvalue weighted by Gasteiger charge is 2.46. The molecule has 1 unspecified atom stereocenters. The second kappa shape index (κ2) is 10.3. The van der Waals surface area contributed by atoms with Crippen LogP contribution in [0.2, 0.25) is 0 Å². The Morgan fingerprint density at radius 2 is 1.60 bits per heavy atom. The molecule has 4 atom stereocenters. The predicted octanol–water partition coefficient (Wildman–Crippen LogP) is 2.27. The van der Waals surface area contributed by atoms with Crippen molar-refractivity contribution in [2.24, 2.45) is 17.8 Å². The van der Waals surface area contributed by atoms with Gasteiger partial charge < -0.3 is 35.2 Å². The number of nitrogens with one attached hydrogen (secondary N) is 4. The summed E-state index contributed by atoms with van der Waals surface area (Å²) in [6, 6.07) is -0.423. The Kier molecular flexibility index (Phi) is 6.79. The van der Waals surface area contributed by atoms with E-state index in [0.29, 0.717) is 22.6 Å². The van der Waals surface area contributed by atoms with E-state index in [1.165, 1.54) is 7.11 Å². The molecule has 9 heteroatoms. The standard InChI is InChI=1S/C34H38N4O5/c1-8-19-16(4)23-12-24-17(5)20(9-10-27(39)40)31(37-24)29-30(34(42)43-7)33(41)28-18(6)25(38-32(28)29)11-21-14(2)15(3)22(35-21)13-26(19)36-23/h8,11-13,17,20,30-31,35-38,41H,1,9-10H2,2-7H3,(H,39,40)/b21-11-,22-13-,24-12-/t17-,20-,30+,31?/m0/s1. The third-order valence-corrected chi connectivity index (χ3v) is 9.85. The fourth-order valence-electron chi connectivity index (χ4n) is 7.19. The molecule has 1 fully saturated rings. The van der Waals surface area contributed by atoms with Crippen LogP contribution in [0.25, 0.3) is 35.6 Å². The molecule has 43 heavy (non-hydrogen) atoms. The van der Waals surface area contributed by atoms with Crippen LogP contribution in [0.4, 0.5) is 0 Å². The van der Waals surface area contributed by atoms with Gasteiger partial charge in [-0.25, -0.2) is 0 Å². The predicted molar refractivity (Wildman–Crippen MR) is 166 cm³/mol. The molecular weight excluding hydrogens is 544 g/mol. The summed E-state index contributed by atoms with van der Waals surface area (Å²) in [5.41, 5.74) is 9.35. The lowest BCUT2D eigenvalue weighted by molar-refractivity contribution is -0.142. The van der Waals surface area contributed by atoms with Gasteiger partial charge in [0.2, 0.25) is 0 Å². The highest BCUT2D eigenvalue weighted by molar-refractivity contribution is 5.95. The molecule has 224 valence electrons. The average molecular weight is 583 g/mol. The first-order valence-corrected chi connectivity index (χ1v) is 14.6. The largest absolute Gasteiger partial charge is 0.510 e. The highest BCUT2D eigenvalue weighted by atomic mass is 16.5. The lowest BCUT2D eigenvalue weighted by Gasteiger charge is -2.26. The number of aliphatic carboxylic acids is 1. The number of ether oxygens (including phenoxy) is 1. The third-order valence-electron chi connectivity index (χ3n) is 9.85. The number of hydrogen-bond acceptors (Lipinski definition) is 5. The van der Waals surface area contributed by atoms with Gasteiger partial charge in [0, 0.05) is 56.6 Å². The van der Waals surface area contributed by atoms with Crippen molar-refractivity contribution in [2.75, 3.05) is 7.11 Å². The first kappa shape index (κ1) is 28.5. The highest BCUT2D eigenvalue weighted by Crippen LogP contribution is 2.42. The van der Waals surface area contributed by atoms with Crippen LogP contribution in [-0.2, 0) is 14.3 Å². The normalized spacial score (nSPS) is 24.8. The summed E-state index contributed by atoms with van der Waals surface area (Å²) in [5.74, 6) is -2.71. The van der Waals surface area contributed by atoms with Crippen LogP contribution in [0.1, 0.15) is 64.7 Å². The number of rotatable bonds is 5. The van der Waals surface area contributed by atoms with Crippen molar-refractivity contribution >= 4 is 47.6 Å². The van der Waals surface area contributed by atoms with Crippen LogP contribution in [0.5, 0.6) is 0 Å². The van der Waals surface area contributed by atoms with Gasteiger partial charge in [-0.2, -0.15) is 0 Å². The number of allylic oxidation sites excluding steroid dienone is 1. The van der Waals surface area contributed by atoms with Gasteiger partial charge in [0.25, 0.3) is 0 Å². The van der Waals surface area contributed by atoms with Crippen LogP contribution in [0, 0.1) is 45.4 Å². The summed E-state index contributed by atoms with van der Waals surface area (Å²) in [6.45, 7) is 14.3. The SMILES string of the molecule is C=Cc1c2[nH]c(c1C)/C=C1\NC(C3=c4[nH]c(c(C)c4=C(O)[C@@H]3C(=O)OC)/C=c3\[nH]/c(c(C)c3C)=C\2)[C@@H](CCC(=O)O)[C@@H]1C. The van der Waals surface area contributed by atoms with Gasteiger partial charge in [-0.05, 0) is 86.1 Å². The number of esters is 1. The van der Waals surface area contributed by atoms with E-state index in [0.717, 1.165) is 61.3 Å². The number of H-pyrrole nitrogens is 3. The second-order valence-electron chi connectivity index (χ2n) is 12.0. The minimum Gasteiger partial charge on any atom is -0.510 e. The molecule has 6 rings (SSSR count). The molecule has 2 aliphatic heterocycles. The second-order valence-corrected chi connectivity index (χ2v) is 12.0. The van der Waals surface area contributed by atoms with E-state index in [1.807, 2.05) is 19.1 Å². The van der Waals surface area contributed by atoms with Crippen molar-refractivity contribution in [3.8, 4) is 0 Å². The number of methoxy groups -OCH3 is 1. The smallest absolute Gasteiger partial charge is 0.320 e. The Morgan fingerprint density at radius 1 is 0.953 bits per heavy atom. The number of fused-ring (bicyclic) bond motifs is 8. The molecule has 1 saturated heterocycles. The zero-order valence-corrected chi connectivity index (χ0v) is 25.4. The van der Waals surface area contributed by atoms with E-state index < -0.39 is 23.9 Å². The molecule has 3 aromatic heterocycles. The van der Waals surface area contributed by atoms with E-state index >= 15 is 0 Å². The number of carboxylic acids is 1. The zero-order valence-electron chi connectivity index (χ0n) is 25.4. The van der Waals surface area contributed by atoms with E-state index in [9.17, 15) is 19.8 Å². The lowest BCUT2D eigenvalue weighted by Crippen LogP contribution is -2.38. The Labute approximate surface area is 249 Å². The molecule has 9 nitrogen and oxygen atoms in total. The topological polar surface area (TPSA) is 143 Å². The van der Waals surface area contributed by atoms with Gasteiger partial charge in [-0.1, -0.05) is 19.6 Å². The molecule has 3 aliphatic rings. The first-order chi connectivity index (χ1) is 20.5. The lowest BCUT2D eigenvalue weighted by atomic mass is 9.80. The van der Waals surface area contributed by atoms with Crippen LogP contribution < -0.4 is 26.6 Å². The molecule has 3 aromatic rings. The molecule has 8 bridgehead atoms. The van der Waals surface area contributed by atoms with E-state index in [2.05, 4.69) is 66.7 Å². The molecular formula is C34H38N4O5. The maximum atomic E-state index is 13.2. The number of aromatic amines is 3. The van der Waals surface area contributed by atoms with E-state index in [4.69, 9.17) is 4.74 Å². The van der Waals surface area contributed by atoms with Crippen LogP contribution in [-0.4, -0.2) is 50.3 Å². The van der Waals surface area contributed by atoms with Crippen LogP contribution >= 0.6 is 0 Å². The maximum absolute atomic E-state index is 13.2. The summed E-state index contributed by atoms with van der Waals surface area (Å²) in [6.07, 6.45) is 8.45. The number of hydrogen-bond donors (Lipinski definition) is 6. The van der Waals surface area contributed by atoms with Crippen LogP contribution in [0.15, 0.2) is 12.3 Å². The summed E-state index contributed by atoms with van der Waals surface area (Å²) in [5, 5.41) is 28.0. The van der Waals surface area contributed by atoms with Crippen molar-refractivity contribution < 1.29 is 24.5 Å². The van der Waals surface area contributed by atoms with Crippen LogP contribution in [0.3, 0.4) is 0 Å². The van der Waals surface area contributed by atoms with E-state index in [1.54, 1.807) is 0 Å². The summed E-state index contributed by atoms with van der Waals surface area (Å²) >= 11 is 0. The van der Waals surface area contributed by atoms with Crippen molar-refractivity contribution in [3.05, 3.63) is 78.4 Å². The Balaban J connectivity index is 1.72. The van der Waals surface area contributed by atoms with Gasteiger partial charge in [-0.15, -0.1) is 0 Å². The maximum Gasteiger partial charge on any atom is 0.320 e. The van der Waals surface area contributed by atoms with Gasteiger partial charge in [0.1, 0.15) is 11.7 Å². The van der Waals surface area contributed by atoms with Crippen molar-refractivity contribution in [2.45, 2.75) is 53.5 Å². The number of carbonyl (C=O) groups is 2. The van der Waals surface area contributed by atoms with Crippen molar-refractivity contribution in [1.29, 1.82) is 0 Å². The average Bonchev–Trinajstić information content (AvgIpc) is 3.70. The van der Waals surface area contributed by atoms with Gasteiger partial charge in [0.15, 0.2) is 0 Å². The van der Waals surface area contributed by atoms with Gasteiger partial charge >= 0.3 is 11.9 Å². The van der Waals surface area contributed by atoms with Gasteiger partial charge in [0.05, 0.1) is 18.5 Å². The molecule has 0 radical (unpaired) electrons.